The van der Waals surface area contributed by atoms with Gasteiger partial charge in [0, 0.05) is 51.2 Å². The summed E-state index contributed by atoms with van der Waals surface area (Å²) in [5.41, 5.74) is 2.72. The smallest absolute Gasteiger partial charge is 0.246 e. The number of rotatable bonds is 21. The van der Waals surface area contributed by atoms with Crippen molar-refractivity contribution in [2.75, 3.05) is 52.8 Å². The van der Waals surface area contributed by atoms with E-state index in [9.17, 15) is 34.5 Å². The molecule has 6 aromatic rings. The van der Waals surface area contributed by atoms with Crippen molar-refractivity contribution in [3.05, 3.63) is 120 Å². The minimum atomic E-state index is -0.990. The minimum Gasteiger partial charge on any atom is -0.508 e. The number of aromatic nitrogens is 1. The topological polar surface area (TPSA) is 219 Å². The molecule has 3 heterocycles. The second-order valence-electron chi connectivity index (χ2n) is 17.1. The number of aromatic hydroxyl groups is 2. The highest BCUT2D eigenvalue weighted by Gasteiger charge is 2.44. The van der Waals surface area contributed by atoms with Crippen LogP contribution in [0.4, 0.5) is 0 Å². The van der Waals surface area contributed by atoms with E-state index >= 15 is 0 Å². The van der Waals surface area contributed by atoms with Crippen molar-refractivity contribution in [1.29, 1.82) is 0 Å². The van der Waals surface area contributed by atoms with E-state index in [-0.39, 0.29) is 69.8 Å². The number of amides is 3. The normalized spacial score (nSPS) is 15.4. The van der Waals surface area contributed by atoms with Gasteiger partial charge in [-0.25, -0.2) is 4.98 Å². The number of hydrogen-bond donors (Lipinski definition) is 5. The largest absolute Gasteiger partial charge is 0.508 e. The standard InChI is InChI=1S/C50H54N4O12S/c1-50(2,3)47(49(61)54-28-37(57)24-40(54)48(60)52-26-31-4-6-32(7-5-31)41-27-51-30-66-41)53-43(58)29-64-21-20-62-18-19-63-22-23-65-38-15-10-33(11-16-38)45(59)44-39-17-14-36(56)25-42(39)67-46(44)34-8-12-35(55)13-9-34/h4-17,25,27,30,37,40,47,55-57H,18-24,26,28-29H2,1-3H3,(H,52,60)(H,53,58)/t37-,40+,47-/m1/s1. The molecule has 0 spiro atoms. The molecule has 0 radical (unpaired) electrons. The van der Waals surface area contributed by atoms with Crippen LogP contribution in [0.3, 0.4) is 0 Å². The Kier molecular flexibility index (Phi) is 16.0. The summed E-state index contributed by atoms with van der Waals surface area (Å²) in [4.78, 5) is 60.1. The second-order valence-corrected chi connectivity index (χ2v) is 18.1. The number of benzene rings is 4. The average molecular weight is 935 g/mol. The van der Waals surface area contributed by atoms with Gasteiger partial charge in [0.2, 0.25) is 17.7 Å². The molecule has 16 nitrogen and oxygen atoms in total. The van der Waals surface area contributed by atoms with Gasteiger partial charge < -0.3 is 54.2 Å². The Morgan fingerprint density at radius 2 is 1.49 bits per heavy atom. The Hall–Kier alpha value is -6.63. The molecule has 0 saturated carbocycles. The first-order valence-electron chi connectivity index (χ1n) is 21.8. The van der Waals surface area contributed by atoms with E-state index in [0.29, 0.717) is 35.9 Å². The van der Waals surface area contributed by atoms with Crippen LogP contribution in [0, 0.1) is 5.41 Å². The van der Waals surface area contributed by atoms with Crippen molar-refractivity contribution in [2.45, 2.75) is 51.9 Å². The van der Waals surface area contributed by atoms with E-state index < -0.39 is 41.3 Å². The molecule has 0 aliphatic carbocycles. The van der Waals surface area contributed by atoms with Gasteiger partial charge in [-0.1, -0.05) is 45.0 Å². The molecule has 17 heteroatoms. The summed E-state index contributed by atoms with van der Waals surface area (Å²) in [6.07, 6.45) is 2.14. The maximum absolute atomic E-state index is 13.9. The Morgan fingerprint density at radius 1 is 0.836 bits per heavy atom. The van der Waals surface area contributed by atoms with Crippen LogP contribution in [-0.4, -0.2) is 120 Å². The van der Waals surface area contributed by atoms with Crippen LogP contribution in [0.25, 0.3) is 31.9 Å². The zero-order chi connectivity index (χ0) is 47.5. The summed E-state index contributed by atoms with van der Waals surface area (Å²) in [7, 11) is 0. The molecule has 1 aliphatic rings. The van der Waals surface area contributed by atoms with E-state index in [0.717, 1.165) is 31.7 Å². The third kappa shape index (κ3) is 12.6. The number of aliphatic hydroxyl groups excluding tert-OH is 1. The molecule has 1 aliphatic heterocycles. The number of nitrogens with zero attached hydrogens (tertiary/aromatic N) is 2. The van der Waals surface area contributed by atoms with Crippen LogP contribution in [-0.2, 0) is 35.1 Å². The highest BCUT2D eigenvalue weighted by atomic mass is 32.1. The fraction of sp³-hybridized carbons (Fsp3) is 0.340. The van der Waals surface area contributed by atoms with Crippen LogP contribution >= 0.6 is 11.3 Å². The number of aliphatic hydroxyl groups is 1. The van der Waals surface area contributed by atoms with Crippen molar-refractivity contribution >= 4 is 44.9 Å². The van der Waals surface area contributed by atoms with Gasteiger partial charge in [0.1, 0.15) is 42.5 Å². The van der Waals surface area contributed by atoms with E-state index in [1.165, 1.54) is 22.6 Å². The minimum absolute atomic E-state index is 0.0397. The summed E-state index contributed by atoms with van der Waals surface area (Å²) < 4.78 is 28.6. The Labute approximate surface area is 391 Å². The lowest BCUT2D eigenvalue weighted by molar-refractivity contribution is -0.144. The van der Waals surface area contributed by atoms with Gasteiger partial charge in [0.25, 0.3) is 0 Å². The molecule has 7 rings (SSSR count). The van der Waals surface area contributed by atoms with Gasteiger partial charge in [0.15, 0.2) is 17.9 Å². The summed E-state index contributed by atoms with van der Waals surface area (Å²) in [5, 5.41) is 36.8. The van der Waals surface area contributed by atoms with E-state index in [2.05, 4.69) is 15.6 Å². The number of phenols is 2. The van der Waals surface area contributed by atoms with Gasteiger partial charge in [-0.15, -0.1) is 11.3 Å². The lowest BCUT2D eigenvalue weighted by atomic mass is 9.85. The number of nitrogens with one attached hydrogen (secondary N) is 2. The number of carbonyl (C=O) groups excluding carboxylic acids is 4. The summed E-state index contributed by atoms with van der Waals surface area (Å²) in [5.74, 6) is -0.141. The fourth-order valence-corrected chi connectivity index (χ4v) is 8.81. The Morgan fingerprint density at radius 3 is 2.16 bits per heavy atom. The molecule has 1 saturated heterocycles. The number of oxazole rings is 1. The van der Waals surface area contributed by atoms with Gasteiger partial charge in [0.05, 0.1) is 45.3 Å². The maximum Gasteiger partial charge on any atom is 0.246 e. The molecule has 1 fully saturated rings. The van der Waals surface area contributed by atoms with Crippen LogP contribution in [0.5, 0.6) is 17.2 Å². The molecule has 4 aromatic carbocycles. The molecule has 0 bridgehead atoms. The quantitative estimate of drug-likeness (QED) is 0.0408. The Bertz CT molecular complexity index is 2610. The number of hydrogen-bond acceptors (Lipinski definition) is 14. The van der Waals surface area contributed by atoms with Crippen molar-refractivity contribution in [3.63, 3.8) is 0 Å². The molecular weight excluding hydrogens is 881 g/mol. The van der Waals surface area contributed by atoms with Gasteiger partial charge in [-0.2, -0.15) is 0 Å². The molecule has 67 heavy (non-hydrogen) atoms. The molecule has 0 unspecified atom stereocenters. The number of ether oxygens (including phenoxy) is 4. The van der Waals surface area contributed by atoms with Crippen molar-refractivity contribution in [1.82, 2.24) is 20.5 Å². The van der Waals surface area contributed by atoms with Crippen molar-refractivity contribution in [3.8, 4) is 39.0 Å². The van der Waals surface area contributed by atoms with Crippen LogP contribution in [0.1, 0.15) is 48.7 Å². The second kappa shape index (κ2) is 22.2. The summed E-state index contributed by atoms with van der Waals surface area (Å²) >= 11 is 1.40. The van der Waals surface area contributed by atoms with Crippen molar-refractivity contribution < 1.29 is 57.9 Å². The molecule has 352 valence electrons. The first-order chi connectivity index (χ1) is 32.2. The van der Waals surface area contributed by atoms with Crippen LogP contribution < -0.4 is 15.4 Å². The van der Waals surface area contributed by atoms with Crippen molar-refractivity contribution in [2.24, 2.45) is 5.41 Å². The zero-order valence-electron chi connectivity index (χ0n) is 37.4. The van der Waals surface area contributed by atoms with E-state index in [4.69, 9.17) is 23.4 Å². The maximum atomic E-state index is 13.9. The first kappa shape index (κ1) is 48.3. The highest BCUT2D eigenvalue weighted by molar-refractivity contribution is 7.22. The molecular formula is C50H54N4O12S. The number of β-amino-alcohol motifs (C(OH)–C–C–N with tert-alkyl or cyclic N) is 1. The number of likely N-dealkylation sites (tertiary alicyclic amines) is 1. The third-order valence-electron chi connectivity index (χ3n) is 11.0. The number of phenolic OH excluding ortho intramolecular Hbond substituents is 2. The Balaban J connectivity index is 0.779. The van der Waals surface area contributed by atoms with Gasteiger partial charge in [-0.05, 0) is 83.3 Å². The lowest BCUT2D eigenvalue weighted by Crippen LogP contribution is -2.58. The molecule has 3 amide bonds. The third-order valence-corrected chi connectivity index (χ3v) is 12.2. The summed E-state index contributed by atoms with van der Waals surface area (Å²) in [6.45, 7) is 6.74. The van der Waals surface area contributed by atoms with Gasteiger partial charge in [-0.3, -0.25) is 19.2 Å². The fourth-order valence-electron chi connectivity index (χ4n) is 7.57. The monoisotopic (exact) mass is 934 g/mol. The average Bonchev–Trinajstić information content (AvgIpc) is 4.08. The lowest BCUT2D eigenvalue weighted by Gasteiger charge is -2.35. The zero-order valence-corrected chi connectivity index (χ0v) is 38.3. The molecule has 5 N–H and O–H groups in total. The number of thiophene rings is 1. The highest BCUT2D eigenvalue weighted by Crippen LogP contribution is 2.41. The number of carbonyl (C=O) groups is 4. The predicted octanol–water partition coefficient (Wildman–Crippen LogP) is 6.10. The summed E-state index contributed by atoms with van der Waals surface area (Å²) in [6, 6.07) is 24.0. The van der Waals surface area contributed by atoms with Crippen LogP contribution in [0.15, 0.2) is 108 Å². The SMILES string of the molecule is CC(C)(C)[C@H](NC(=O)COCCOCCOCCOc1ccc(C(=O)c2c(-c3ccc(O)cc3)sc3cc(O)ccc23)cc1)C(=O)N1C[C@H](O)C[C@H]1C(=O)NCc1ccc(-c2cnco2)cc1. The van der Waals surface area contributed by atoms with E-state index in [1.807, 2.05) is 45.0 Å². The predicted molar refractivity (Wildman–Crippen MR) is 250 cm³/mol. The van der Waals surface area contributed by atoms with E-state index in [1.54, 1.807) is 72.9 Å². The van der Waals surface area contributed by atoms with Crippen LogP contribution in [0.2, 0.25) is 0 Å². The number of fused-ring (bicyclic) bond motifs is 1. The molecule has 2 aromatic heterocycles. The number of ketones is 1. The first-order valence-corrected chi connectivity index (χ1v) is 22.7. The van der Waals surface area contributed by atoms with Gasteiger partial charge >= 0.3 is 0 Å². The molecule has 3 atom stereocenters.